The van der Waals surface area contributed by atoms with E-state index in [2.05, 4.69) is 37.4 Å². The van der Waals surface area contributed by atoms with Crippen LogP contribution in [0.25, 0.3) is 0 Å². The van der Waals surface area contributed by atoms with E-state index in [1.54, 1.807) is 54.0 Å². The van der Waals surface area contributed by atoms with Crippen molar-refractivity contribution in [3.8, 4) is 5.75 Å². The predicted octanol–water partition coefficient (Wildman–Crippen LogP) is 6.97. The van der Waals surface area contributed by atoms with Gasteiger partial charge in [-0.05, 0) is 77.4 Å². The maximum Gasteiger partial charge on any atom is 0.254 e. The maximum absolute atomic E-state index is 13.8. The summed E-state index contributed by atoms with van der Waals surface area (Å²) in [6, 6.07) is 20.3. The summed E-state index contributed by atoms with van der Waals surface area (Å²) in [5.74, 6) is 1.38. The van der Waals surface area contributed by atoms with E-state index in [1.165, 1.54) is 15.3 Å². The van der Waals surface area contributed by atoms with Gasteiger partial charge in [0.15, 0.2) is 0 Å². The van der Waals surface area contributed by atoms with Crippen molar-refractivity contribution in [2.45, 2.75) is 38.8 Å². The Kier molecular flexibility index (Phi) is 8.38. The minimum Gasteiger partial charge on any atom is -0.491 e. The van der Waals surface area contributed by atoms with E-state index in [1.807, 2.05) is 17.0 Å². The summed E-state index contributed by atoms with van der Waals surface area (Å²) >= 11 is 7.86. The number of hydrogen-bond donors (Lipinski definition) is 0. The zero-order valence-electron chi connectivity index (χ0n) is 22.0. The van der Waals surface area contributed by atoms with Crippen molar-refractivity contribution in [3.05, 3.63) is 111 Å². The number of fused-ring (bicyclic) bond motifs is 1. The van der Waals surface area contributed by atoms with Crippen LogP contribution in [-0.4, -0.2) is 41.3 Å². The predicted molar refractivity (Wildman–Crippen MR) is 153 cm³/mol. The summed E-state index contributed by atoms with van der Waals surface area (Å²) in [6.45, 7) is 5.29. The topological polar surface area (TPSA) is 63.0 Å². The van der Waals surface area contributed by atoms with Crippen LogP contribution in [0, 0.1) is 0 Å². The number of hydrogen-bond acceptors (Lipinski definition) is 5. The molecule has 5 rings (SSSR count). The molecule has 1 atom stereocenters. The van der Waals surface area contributed by atoms with Crippen LogP contribution >= 0.6 is 22.9 Å². The Balaban J connectivity index is 1.36. The number of carbonyl (C=O) groups is 2. The van der Waals surface area contributed by atoms with Gasteiger partial charge < -0.3 is 19.0 Å². The van der Waals surface area contributed by atoms with E-state index in [-0.39, 0.29) is 30.9 Å². The molecule has 0 fully saturated rings. The number of amides is 2. The van der Waals surface area contributed by atoms with Crippen LogP contribution in [0.2, 0.25) is 5.02 Å². The van der Waals surface area contributed by atoms with Crippen LogP contribution in [0.1, 0.15) is 57.9 Å². The van der Waals surface area contributed by atoms with E-state index in [0.717, 1.165) is 17.7 Å². The molecular weight excluding hydrogens is 532 g/mol. The summed E-state index contributed by atoms with van der Waals surface area (Å²) in [6.07, 6.45) is 2.34. The molecule has 8 heteroatoms. The number of benzene rings is 2. The van der Waals surface area contributed by atoms with Gasteiger partial charge in [-0.2, -0.15) is 0 Å². The quantitative estimate of drug-likeness (QED) is 0.221. The molecule has 202 valence electrons. The van der Waals surface area contributed by atoms with Gasteiger partial charge in [0, 0.05) is 22.0 Å². The monoisotopic (exact) mass is 562 g/mol. The molecule has 4 aromatic rings. The molecule has 0 saturated carbocycles. The minimum absolute atomic E-state index is 0.0922. The molecule has 1 unspecified atom stereocenters. The van der Waals surface area contributed by atoms with Gasteiger partial charge in [0.25, 0.3) is 5.91 Å². The van der Waals surface area contributed by atoms with Gasteiger partial charge in [0.1, 0.15) is 24.7 Å². The lowest BCUT2D eigenvalue weighted by Crippen LogP contribution is -2.47. The number of rotatable bonds is 9. The Morgan fingerprint density at radius 1 is 1.13 bits per heavy atom. The second-order valence-corrected chi connectivity index (χ2v) is 11.4. The fourth-order valence-electron chi connectivity index (χ4n) is 4.85. The van der Waals surface area contributed by atoms with E-state index >= 15 is 0 Å². The van der Waals surface area contributed by atoms with Crippen LogP contribution in [0.15, 0.2) is 82.8 Å². The largest absolute Gasteiger partial charge is 0.491 e. The molecule has 0 saturated heterocycles. The number of thiophene rings is 1. The molecule has 2 amide bonds. The molecule has 0 radical (unpaired) electrons. The highest BCUT2D eigenvalue weighted by Crippen LogP contribution is 2.34. The molecule has 39 heavy (non-hydrogen) atoms. The average molecular weight is 563 g/mol. The molecular formula is C31H31ClN2O4S. The summed E-state index contributed by atoms with van der Waals surface area (Å²) in [5, 5.41) is 2.53. The van der Waals surface area contributed by atoms with Crippen LogP contribution < -0.4 is 4.74 Å². The van der Waals surface area contributed by atoms with Gasteiger partial charge >= 0.3 is 0 Å². The van der Waals surface area contributed by atoms with Crippen molar-refractivity contribution < 1.29 is 18.7 Å². The summed E-state index contributed by atoms with van der Waals surface area (Å²) in [7, 11) is 0. The van der Waals surface area contributed by atoms with Gasteiger partial charge in [-0.3, -0.25) is 9.59 Å². The lowest BCUT2D eigenvalue weighted by atomic mass is 10.00. The lowest BCUT2D eigenvalue weighted by Gasteiger charge is -2.37. The maximum atomic E-state index is 13.8. The third kappa shape index (κ3) is 6.37. The third-order valence-electron chi connectivity index (χ3n) is 6.98. The molecule has 2 aromatic carbocycles. The van der Waals surface area contributed by atoms with Gasteiger partial charge in [-0.15, -0.1) is 11.3 Å². The first-order valence-corrected chi connectivity index (χ1v) is 14.3. The molecule has 0 bridgehead atoms. The molecule has 3 heterocycles. The fourth-order valence-corrected chi connectivity index (χ4v) is 5.97. The van der Waals surface area contributed by atoms with E-state index in [0.29, 0.717) is 35.4 Å². The molecule has 2 aromatic heterocycles. The van der Waals surface area contributed by atoms with Crippen LogP contribution in [0.4, 0.5) is 0 Å². The zero-order chi connectivity index (χ0) is 27.4. The van der Waals surface area contributed by atoms with Crippen molar-refractivity contribution >= 4 is 34.8 Å². The molecule has 6 nitrogen and oxygen atoms in total. The number of carbonyl (C=O) groups excluding carboxylic acids is 2. The Labute approximate surface area is 237 Å². The SMILES string of the molecule is CC(C)c1ccc(OCC2c3ccsc3CCN2C(=O)CN(Cc2ccco2)C(=O)c2cccc(Cl)c2)cc1. The highest BCUT2D eigenvalue weighted by molar-refractivity contribution is 7.10. The second kappa shape index (κ2) is 12.1. The summed E-state index contributed by atoms with van der Waals surface area (Å²) < 4.78 is 11.7. The first-order valence-electron chi connectivity index (χ1n) is 13.0. The fraction of sp³-hybridized carbons (Fsp3) is 0.290. The van der Waals surface area contributed by atoms with Crippen LogP contribution in [-0.2, 0) is 17.8 Å². The number of furan rings is 1. The second-order valence-electron chi connectivity index (χ2n) is 9.94. The van der Waals surface area contributed by atoms with E-state index in [9.17, 15) is 9.59 Å². The first kappa shape index (κ1) is 27.0. The highest BCUT2D eigenvalue weighted by atomic mass is 35.5. The highest BCUT2D eigenvalue weighted by Gasteiger charge is 2.34. The minimum atomic E-state index is -0.284. The van der Waals surface area contributed by atoms with Crippen LogP contribution in [0.5, 0.6) is 5.75 Å². The first-order chi connectivity index (χ1) is 18.9. The molecule has 0 N–H and O–H groups in total. The van der Waals surface area contributed by atoms with E-state index in [4.69, 9.17) is 20.8 Å². The van der Waals surface area contributed by atoms with Crippen molar-refractivity contribution in [1.29, 1.82) is 0 Å². The zero-order valence-corrected chi connectivity index (χ0v) is 23.6. The Hall–Kier alpha value is -3.55. The van der Waals surface area contributed by atoms with Gasteiger partial charge in [0.05, 0.1) is 18.8 Å². The number of halogens is 1. The lowest BCUT2D eigenvalue weighted by molar-refractivity contribution is -0.135. The Bertz CT molecular complexity index is 1410. The summed E-state index contributed by atoms with van der Waals surface area (Å²) in [4.78, 5) is 32.0. The Morgan fingerprint density at radius 3 is 2.67 bits per heavy atom. The van der Waals surface area contributed by atoms with E-state index < -0.39 is 0 Å². The molecule has 1 aliphatic heterocycles. The summed E-state index contributed by atoms with van der Waals surface area (Å²) in [5.41, 5.74) is 2.78. The third-order valence-corrected chi connectivity index (χ3v) is 8.21. The number of nitrogens with zero attached hydrogens (tertiary/aromatic N) is 2. The standard InChI is InChI=1S/C31H31ClN2O4S/c1-21(2)22-8-10-25(11-9-22)38-20-28-27-13-16-39-29(27)12-14-34(28)30(35)19-33(18-26-7-4-15-37-26)31(36)23-5-3-6-24(32)17-23/h3-11,13,15-17,21,28H,12,14,18-20H2,1-2H3. The van der Waals surface area contributed by atoms with Crippen LogP contribution in [0.3, 0.4) is 0 Å². The van der Waals surface area contributed by atoms with Gasteiger partial charge in [0.2, 0.25) is 5.91 Å². The van der Waals surface area contributed by atoms with Crippen molar-refractivity contribution in [3.63, 3.8) is 0 Å². The van der Waals surface area contributed by atoms with Gasteiger partial charge in [-0.1, -0.05) is 43.6 Å². The molecule has 1 aliphatic rings. The molecule has 0 aliphatic carbocycles. The van der Waals surface area contributed by atoms with Crippen molar-refractivity contribution in [2.24, 2.45) is 0 Å². The molecule has 0 spiro atoms. The Morgan fingerprint density at radius 2 is 1.95 bits per heavy atom. The van der Waals surface area contributed by atoms with Gasteiger partial charge in [-0.25, -0.2) is 0 Å². The smallest absolute Gasteiger partial charge is 0.254 e. The van der Waals surface area contributed by atoms with Crippen molar-refractivity contribution in [1.82, 2.24) is 9.80 Å². The average Bonchev–Trinajstić information content (AvgIpc) is 3.63. The van der Waals surface area contributed by atoms with Crippen molar-refractivity contribution in [2.75, 3.05) is 19.7 Å². The normalized spacial score (nSPS) is 14.8. The number of ether oxygens (including phenoxy) is 1.